The van der Waals surface area contributed by atoms with Crippen molar-refractivity contribution >= 4 is 5.91 Å². The van der Waals surface area contributed by atoms with E-state index >= 15 is 0 Å². The summed E-state index contributed by atoms with van der Waals surface area (Å²) in [5.74, 6) is 0.765. The lowest BCUT2D eigenvalue weighted by molar-refractivity contribution is -0.127. The van der Waals surface area contributed by atoms with Gasteiger partial charge in [0.05, 0.1) is 0 Å². The van der Waals surface area contributed by atoms with Crippen LogP contribution in [0.1, 0.15) is 50.2 Å². The van der Waals surface area contributed by atoms with Crippen LogP contribution in [0.2, 0.25) is 0 Å². The predicted molar refractivity (Wildman–Crippen MR) is 83.2 cm³/mol. The van der Waals surface area contributed by atoms with Gasteiger partial charge in [-0.25, -0.2) is 0 Å². The minimum Gasteiger partial charge on any atom is -0.480 e. The van der Waals surface area contributed by atoms with Crippen molar-refractivity contribution in [3.63, 3.8) is 0 Å². The third-order valence-corrected chi connectivity index (χ3v) is 3.46. The predicted octanol–water partition coefficient (Wildman–Crippen LogP) is 3.77. The molecule has 0 heterocycles. The fourth-order valence-electron chi connectivity index (χ4n) is 2.25. The first-order valence-electron chi connectivity index (χ1n) is 7.54. The smallest absolute Gasteiger partial charge is 0.260 e. The largest absolute Gasteiger partial charge is 0.480 e. The van der Waals surface area contributed by atoms with Crippen LogP contribution in [0, 0.1) is 13.8 Å². The number of amides is 1. The summed E-state index contributed by atoms with van der Waals surface area (Å²) in [4.78, 5) is 11.9. The van der Waals surface area contributed by atoms with E-state index in [2.05, 4.69) is 25.2 Å². The zero-order valence-electron chi connectivity index (χ0n) is 13.2. The van der Waals surface area contributed by atoms with Gasteiger partial charge in [0.2, 0.25) is 0 Å². The molecule has 3 nitrogen and oxygen atoms in total. The zero-order chi connectivity index (χ0) is 15.0. The average molecular weight is 277 g/mol. The van der Waals surface area contributed by atoms with E-state index in [-0.39, 0.29) is 5.91 Å². The fourth-order valence-corrected chi connectivity index (χ4v) is 2.25. The first-order valence-corrected chi connectivity index (χ1v) is 7.54. The van der Waals surface area contributed by atoms with E-state index < -0.39 is 6.10 Å². The SMILES string of the molecule is CCCCCCC(Oc1ccc(C)cc1C)C(=O)NC. The van der Waals surface area contributed by atoms with Crippen LogP contribution in [-0.2, 0) is 4.79 Å². The van der Waals surface area contributed by atoms with Gasteiger partial charge in [-0.15, -0.1) is 0 Å². The van der Waals surface area contributed by atoms with Crippen molar-refractivity contribution in [1.29, 1.82) is 0 Å². The molecule has 3 heteroatoms. The van der Waals surface area contributed by atoms with E-state index in [0.29, 0.717) is 0 Å². The molecule has 1 amide bonds. The van der Waals surface area contributed by atoms with Crippen molar-refractivity contribution in [2.45, 2.75) is 59.0 Å². The Balaban J connectivity index is 2.66. The summed E-state index contributed by atoms with van der Waals surface area (Å²) in [7, 11) is 1.66. The molecule has 0 aliphatic carbocycles. The second kappa shape index (κ2) is 8.62. The van der Waals surface area contributed by atoms with Gasteiger partial charge in [0, 0.05) is 7.05 Å². The van der Waals surface area contributed by atoms with Crippen LogP contribution >= 0.6 is 0 Å². The van der Waals surface area contributed by atoms with E-state index in [1.54, 1.807) is 7.05 Å². The Morgan fingerprint density at radius 2 is 2.00 bits per heavy atom. The molecule has 112 valence electrons. The number of carbonyl (C=O) groups is 1. The molecule has 1 aromatic carbocycles. The molecule has 20 heavy (non-hydrogen) atoms. The van der Waals surface area contributed by atoms with E-state index in [1.165, 1.54) is 18.4 Å². The minimum absolute atomic E-state index is 0.0403. The lowest BCUT2D eigenvalue weighted by Gasteiger charge is -2.19. The van der Waals surface area contributed by atoms with E-state index in [1.807, 2.05) is 19.1 Å². The zero-order valence-corrected chi connectivity index (χ0v) is 13.2. The van der Waals surface area contributed by atoms with Crippen molar-refractivity contribution in [3.8, 4) is 5.75 Å². The molecule has 0 aliphatic heterocycles. The molecule has 1 N–H and O–H groups in total. The van der Waals surface area contributed by atoms with Gasteiger partial charge in [0.1, 0.15) is 5.75 Å². The number of likely N-dealkylation sites (N-methyl/N-ethyl adjacent to an activating group) is 1. The summed E-state index contributed by atoms with van der Waals surface area (Å²) in [6.07, 6.45) is 4.97. The fraction of sp³-hybridized carbons (Fsp3) is 0.588. The molecule has 1 rings (SSSR count). The number of carbonyl (C=O) groups excluding carboxylic acids is 1. The van der Waals surface area contributed by atoms with Gasteiger partial charge >= 0.3 is 0 Å². The molecule has 0 radical (unpaired) electrons. The summed E-state index contributed by atoms with van der Waals surface area (Å²) in [5, 5.41) is 2.69. The summed E-state index contributed by atoms with van der Waals surface area (Å²) in [5.41, 5.74) is 2.28. The third kappa shape index (κ3) is 5.24. The summed E-state index contributed by atoms with van der Waals surface area (Å²) < 4.78 is 5.92. The highest BCUT2D eigenvalue weighted by molar-refractivity contribution is 5.80. The van der Waals surface area contributed by atoms with Gasteiger partial charge in [-0.3, -0.25) is 4.79 Å². The number of hydrogen-bond donors (Lipinski definition) is 1. The summed E-state index contributed by atoms with van der Waals surface area (Å²) in [6.45, 7) is 6.25. The van der Waals surface area contributed by atoms with Crippen molar-refractivity contribution in [2.75, 3.05) is 7.05 Å². The van der Waals surface area contributed by atoms with Crippen molar-refractivity contribution in [1.82, 2.24) is 5.32 Å². The molecular weight excluding hydrogens is 250 g/mol. The maximum absolute atomic E-state index is 11.9. The molecule has 0 bridgehead atoms. The van der Waals surface area contributed by atoms with E-state index in [4.69, 9.17) is 4.74 Å². The highest BCUT2D eigenvalue weighted by atomic mass is 16.5. The van der Waals surface area contributed by atoms with E-state index in [0.717, 1.165) is 30.6 Å². The first-order chi connectivity index (χ1) is 9.58. The molecule has 0 aromatic heterocycles. The van der Waals surface area contributed by atoms with Gasteiger partial charge in [-0.1, -0.05) is 43.9 Å². The molecule has 0 saturated heterocycles. The Morgan fingerprint density at radius 1 is 1.25 bits per heavy atom. The Hall–Kier alpha value is -1.51. The number of unbranched alkanes of at least 4 members (excludes halogenated alkanes) is 3. The standard InChI is InChI=1S/C17H27NO2/c1-5-6-7-8-9-16(17(19)18-4)20-15-11-10-13(2)12-14(15)3/h10-12,16H,5-9H2,1-4H3,(H,18,19). The number of aryl methyl sites for hydroxylation is 2. The number of rotatable bonds is 8. The molecule has 1 unspecified atom stereocenters. The number of hydrogen-bond acceptors (Lipinski definition) is 2. The van der Waals surface area contributed by atoms with Crippen LogP contribution in [0.15, 0.2) is 18.2 Å². The molecule has 0 fully saturated rings. The lowest BCUT2D eigenvalue weighted by atomic mass is 10.1. The van der Waals surface area contributed by atoms with E-state index in [9.17, 15) is 4.79 Å². The van der Waals surface area contributed by atoms with Crippen LogP contribution in [0.5, 0.6) is 5.75 Å². The highest BCUT2D eigenvalue weighted by Crippen LogP contribution is 2.21. The Labute approximate surface area is 122 Å². The first kappa shape index (κ1) is 16.5. The second-order valence-corrected chi connectivity index (χ2v) is 5.34. The second-order valence-electron chi connectivity index (χ2n) is 5.34. The minimum atomic E-state index is -0.390. The highest BCUT2D eigenvalue weighted by Gasteiger charge is 2.19. The van der Waals surface area contributed by atoms with Gasteiger partial charge in [0.25, 0.3) is 5.91 Å². The summed E-state index contributed by atoms with van der Waals surface area (Å²) in [6, 6.07) is 6.04. The topological polar surface area (TPSA) is 38.3 Å². The van der Waals surface area contributed by atoms with Crippen LogP contribution < -0.4 is 10.1 Å². The van der Waals surface area contributed by atoms with Crippen molar-refractivity contribution in [3.05, 3.63) is 29.3 Å². The normalized spacial score (nSPS) is 12.0. The lowest BCUT2D eigenvalue weighted by Crippen LogP contribution is -2.36. The van der Waals surface area contributed by atoms with Gasteiger partial charge in [-0.2, -0.15) is 0 Å². The van der Waals surface area contributed by atoms with Crippen molar-refractivity contribution in [2.24, 2.45) is 0 Å². The van der Waals surface area contributed by atoms with Gasteiger partial charge in [0.15, 0.2) is 6.10 Å². The molecule has 0 saturated carbocycles. The van der Waals surface area contributed by atoms with Crippen LogP contribution in [0.3, 0.4) is 0 Å². The van der Waals surface area contributed by atoms with Gasteiger partial charge in [-0.05, 0) is 38.3 Å². The van der Waals surface area contributed by atoms with Crippen LogP contribution in [0.25, 0.3) is 0 Å². The quantitative estimate of drug-likeness (QED) is 0.735. The molecule has 0 spiro atoms. The Kier molecular flexibility index (Phi) is 7.13. The number of ether oxygens (including phenoxy) is 1. The Bertz CT molecular complexity index is 429. The molecular formula is C17H27NO2. The number of nitrogens with one attached hydrogen (secondary N) is 1. The van der Waals surface area contributed by atoms with Crippen LogP contribution in [-0.4, -0.2) is 19.1 Å². The maximum atomic E-state index is 11.9. The molecule has 0 aliphatic rings. The number of benzene rings is 1. The molecule has 1 atom stereocenters. The monoisotopic (exact) mass is 277 g/mol. The van der Waals surface area contributed by atoms with Crippen LogP contribution in [0.4, 0.5) is 0 Å². The van der Waals surface area contributed by atoms with Crippen molar-refractivity contribution < 1.29 is 9.53 Å². The molecule has 1 aromatic rings. The Morgan fingerprint density at radius 3 is 2.60 bits per heavy atom. The van der Waals surface area contributed by atoms with Gasteiger partial charge < -0.3 is 10.1 Å². The summed E-state index contributed by atoms with van der Waals surface area (Å²) >= 11 is 0. The average Bonchev–Trinajstić information content (AvgIpc) is 2.43. The maximum Gasteiger partial charge on any atom is 0.260 e. The third-order valence-electron chi connectivity index (χ3n) is 3.46.